The predicted molar refractivity (Wildman–Crippen MR) is 38.0 cm³/mol. The molecule has 5 heteroatoms. The van der Waals surface area contributed by atoms with E-state index in [4.69, 9.17) is 0 Å². The van der Waals surface area contributed by atoms with Crippen LogP contribution in [0.25, 0.3) is 0 Å². The third-order valence-electron chi connectivity index (χ3n) is 0.358. The summed E-state index contributed by atoms with van der Waals surface area (Å²) in [6, 6.07) is 0. The SMILES string of the molecule is CC(F)(Br)OC(C)(F)Br. The highest BCUT2D eigenvalue weighted by Gasteiger charge is 2.31. The van der Waals surface area contributed by atoms with Gasteiger partial charge in [0.25, 0.3) is 9.53 Å². The van der Waals surface area contributed by atoms with Crippen molar-refractivity contribution < 1.29 is 13.5 Å². The first-order chi connectivity index (χ1) is 3.71. The monoisotopic (exact) mass is 266 g/mol. The van der Waals surface area contributed by atoms with Gasteiger partial charge in [-0.05, 0) is 31.9 Å². The van der Waals surface area contributed by atoms with E-state index in [0.717, 1.165) is 13.8 Å². The van der Waals surface area contributed by atoms with E-state index >= 15 is 0 Å². The van der Waals surface area contributed by atoms with Crippen molar-refractivity contribution >= 4 is 31.9 Å². The molecule has 0 aromatic carbocycles. The fraction of sp³-hybridized carbons (Fsp3) is 1.00. The Kier molecular flexibility index (Phi) is 3.04. The summed E-state index contributed by atoms with van der Waals surface area (Å²) >= 11 is 4.91. The molecule has 1 nitrogen and oxygen atoms in total. The summed E-state index contributed by atoms with van der Waals surface area (Å²) in [5, 5.41) is 0. The summed E-state index contributed by atoms with van der Waals surface area (Å²) in [5.74, 6) is 0. The van der Waals surface area contributed by atoms with Crippen molar-refractivity contribution in [1.82, 2.24) is 0 Å². The van der Waals surface area contributed by atoms with Gasteiger partial charge in [0.1, 0.15) is 0 Å². The Balaban J connectivity index is 3.75. The number of halogens is 4. The van der Waals surface area contributed by atoms with Crippen LogP contribution in [0.2, 0.25) is 0 Å². The average Bonchev–Trinajstić information content (AvgIpc) is 1.14. The maximum Gasteiger partial charge on any atom is 0.265 e. The minimum Gasteiger partial charge on any atom is -0.291 e. The minimum atomic E-state index is -2.12. The molecule has 0 aromatic heterocycles. The van der Waals surface area contributed by atoms with E-state index in [1.54, 1.807) is 0 Å². The molecule has 2 unspecified atom stereocenters. The molecule has 0 fully saturated rings. The summed E-state index contributed by atoms with van der Waals surface area (Å²) in [6.45, 7) is 2.10. The number of rotatable bonds is 2. The van der Waals surface area contributed by atoms with Gasteiger partial charge in [-0.1, -0.05) is 0 Å². The largest absolute Gasteiger partial charge is 0.291 e. The Morgan fingerprint density at radius 3 is 1.33 bits per heavy atom. The Hall–Kier alpha value is 0.780. The van der Waals surface area contributed by atoms with Gasteiger partial charge in [-0.25, -0.2) is 0 Å². The zero-order valence-corrected chi connectivity index (χ0v) is 8.09. The molecule has 0 saturated heterocycles. The van der Waals surface area contributed by atoms with E-state index in [2.05, 4.69) is 36.6 Å². The summed E-state index contributed by atoms with van der Waals surface area (Å²) < 4.78 is 24.5. The molecule has 0 heterocycles. The third-order valence-corrected chi connectivity index (χ3v) is 0.682. The van der Waals surface area contributed by atoms with Gasteiger partial charge in [0, 0.05) is 13.8 Å². The highest BCUT2D eigenvalue weighted by Crippen LogP contribution is 2.31. The molecule has 0 spiro atoms. The van der Waals surface area contributed by atoms with Crippen LogP contribution in [0.1, 0.15) is 13.8 Å². The lowest BCUT2D eigenvalue weighted by Crippen LogP contribution is -2.24. The number of hydrogen-bond acceptors (Lipinski definition) is 1. The van der Waals surface area contributed by atoms with Gasteiger partial charge in [0.15, 0.2) is 0 Å². The molecule has 0 saturated carbocycles. The van der Waals surface area contributed by atoms with Gasteiger partial charge in [-0.15, -0.1) is 0 Å². The van der Waals surface area contributed by atoms with Gasteiger partial charge < -0.3 is 0 Å². The van der Waals surface area contributed by atoms with Crippen molar-refractivity contribution in [2.45, 2.75) is 23.4 Å². The van der Waals surface area contributed by atoms with Crippen molar-refractivity contribution in [3.05, 3.63) is 0 Å². The molecule has 0 radical (unpaired) electrons. The fourth-order valence-electron chi connectivity index (χ4n) is 0.315. The quantitative estimate of drug-likeness (QED) is 0.699. The van der Waals surface area contributed by atoms with Gasteiger partial charge >= 0.3 is 0 Å². The zero-order chi connectivity index (χ0) is 7.71. The Morgan fingerprint density at radius 2 is 1.33 bits per heavy atom. The standard InChI is InChI=1S/C4H6Br2F2O/c1-3(5,7)9-4(2,6)8/h1-2H3. The molecule has 0 rings (SSSR count). The van der Waals surface area contributed by atoms with Crippen molar-refractivity contribution in [1.29, 1.82) is 0 Å². The molecule has 0 aliphatic rings. The third kappa shape index (κ3) is 8.78. The molecule has 0 aliphatic carbocycles. The van der Waals surface area contributed by atoms with Crippen LogP contribution in [0, 0.1) is 0 Å². The zero-order valence-electron chi connectivity index (χ0n) is 4.92. The molecule has 0 N–H and O–H groups in total. The average molecular weight is 268 g/mol. The second-order valence-electron chi connectivity index (χ2n) is 1.72. The summed E-state index contributed by atoms with van der Waals surface area (Å²) in [7, 11) is 0. The summed E-state index contributed by atoms with van der Waals surface area (Å²) in [5.41, 5.74) is 0. The topological polar surface area (TPSA) is 9.23 Å². The van der Waals surface area contributed by atoms with Crippen LogP contribution in [-0.2, 0) is 4.74 Å². The van der Waals surface area contributed by atoms with Crippen molar-refractivity contribution in [2.75, 3.05) is 0 Å². The first kappa shape index (κ1) is 9.78. The van der Waals surface area contributed by atoms with E-state index in [9.17, 15) is 8.78 Å². The number of hydrogen-bond donors (Lipinski definition) is 0. The highest BCUT2D eigenvalue weighted by molar-refractivity contribution is 9.10. The van der Waals surface area contributed by atoms with Crippen LogP contribution in [-0.4, -0.2) is 9.53 Å². The van der Waals surface area contributed by atoms with Gasteiger partial charge in [-0.3, -0.25) is 4.74 Å². The molecule has 2 atom stereocenters. The lowest BCUT2D eigenvalue weighted by Gasteiger charge is -2.19. The molecular weight excluding hydrogens is 262 g/mol. The van der Waals surface area contributed by atoms with Gasteiger partial charge in [0.2, 0.25) is 0 Å². The number of alkyl halides is 4. The van der Waals surface area contributed by atoms with Crippen LogP contribution in [0.4, 0.5) is 8.78 Å². The maximum absolute atomic E-state index is 12.3. The van der Waals surface area contributed by atoms with E-state index in [0.29, 0.717) is 0 Å². The smallest absolute Gasteiger partial charge is 0.265 e. The highest BCUT2D eigenvalue weighted by atomic mass is 79.9. The van der Waals surface area contributed by atoms with Crippen LogP contribution < -0.4 is 0 Å². The van der Waals surface area contributed by atoms with Crippen LogP contribution in [0.5, 0.6) is 0 Å². The first-order valence-corrected chi connectivity index (χ1v) is 3.75. The van der Waals surface area contributed by atoms with Gasteiger partial charge in [0.05, 0.1) is 0 Å². The summed E-state index contributed by atoms with van der Waals surface area (Å²) in [6.07, 6.45) is 0. The van der Waals surface area contributed by atoms with E-state index in [1.807, 2.05) is 0 Å². The molecule has 0 aromatic rings. The molecule has 0 amide bonds. The van der Waals surface area contributed by atoms with Crippen molar-refractivity contribution in [2.24, 2.45) is 0 Å². The summed E-state index contributed by atoms with van der Waals surface area (Å²) in [4.78, 5) is 0. The Morgan fingerprint density at radius 1 is 1.11 bits per heavy atom. The van der Waals surface area contributed by atoms with Crippen LogP contribution in [0.15, 0.2) is 0 Å². The molecule has 56 valence electrons. The van der Waals surface area contributed by atoms with E-state index in [1.165, 1.54) is 0 Å². The fourth-order valence-corrected chi connectivity index (χ4v) is 1.14. The molecule has 0 aliphatic heterocycles. The second kappa shape index (κ2) is 2.80. The maximum atomic E-state index is 12.3. The number of ether oxygens (including phenoxy) is 1. The molecule has 0 bridgehead atoms. The lowest BCUT2D eigenvalue weighted by molar-refractivity contribution is -0.155. The molecule has 9 heavy (non-hydrogen) atoms. The Bertz CT molecular complexity index is 81.7. The van der Waals surface area contributed by atoms with Gasteiger partial charge in [-0.2, -0.15) is 8.78 Å². The van der Waals surface area contributed by atoms with E-state index < -0.39 is 9.53 Å². The van der Waals surface area contributed by atoms with Crippen molar-refractivity contribution in [3.63, 3.8) is 0 Å². The normalized spacial score (nSPS) is 24.7. The van der Waals surface area contributed by atoms with E-state index in [-0.39, 0.29) is 0 Å². The van der Waals surface area contributed by atoms with Crippen LogP contribution >= 0.6 is 31.9 Å². The Labute approximate surface area is 69.0 Å². The minimum absolute atomic E-state index is 1.05. The van der Waals surface area contributed by atoms with Crippen LogP contribution in [0.3, 0.4) is 0 Å². The lowest BCUT2D eigenvalue weighted by atomic mass is 10.7. The van der Waals surface area contributed by atoms with Crippen molar-refractivity contribution in [3.8, 4) is 0 Å². The predicted octanol–water partition coefficient (Wildman–Crippen LogP) is 3.08. The first-order valence-electron chi connectivity index (χ1n) is 2.16. The molecular formula is C4H6Br2F2O. The second-order valence-corrected chi connectivity index (χ2v) is 4.55.